The van der Waals surface area contributed by atoms with Gasteiger partial charge in [-0.1, -0.05) is 6.07 Å². The summed E-state index contributed by atoms with van der Waals surface area (Å²) in [6, 6.07) is 8.86. The Bertz CT molecular complexity index is 541. The van der Waals surface area contributed by atoms with Crippen LogP contribution in [0.15, 0.2) is 30.5 Å². The highest BCUT2D eigenvalue weighted by Crippen LogP contribution is 2.21. The summed E-state index contributed by atoms with van der Waals surface area (Å²) in [7, 11) is 0. The zero-order valence-electron chi connectivity index (χ0n) is 11.3. The highest BCUT2D eigenvalue weighted by atomic mass is 16.5. The van der Waals surface area contributed by atoms with Gasteiger partial charge < -0.3 is 15.0 Å². The second-order valence-corrected chi connectivity index (χ2v) is 5.36. The lowest BCUT2D eigenvalue weighted by atomic mass is 10.1. The van der Waals surface area contributed by atoms with Crippen LogP contribution in [0.5, 0.6) is 0 Å². The Morgan fingerprint density at radius 2 is 2.26 bits per heavy atom. The van der Waals surface area contributed by atoms with E-state index < -0.39 is 0 Å². The topological polar surface area (TPSA) is 40.2 Å². The molecule has 2 heterocycles. The number of hydrogen-bond acceptors (Lipinski definition) is 2. The van der Waals surface area contributed by atoms with Gasteiger partial charge in [-0.2, -0.15) is 0 Å². The van der Waals surface area contributed by atoms with Gasteiger partial charge in [-0.25, -0.2) is 0 Å². The van der Waals surface area contributed by atoms with Crippen molar-refractivity contribution in [3.8, 4) is 0 Å². The number of aromatic nitrogens is 1. The maximum absolute atomic E-state index is 5.69. The van der Waals surface area contributed by atoms with Crippen LogP contribution in [0.25, 0.3) is 10.9 Å². The molecule has 3 heteroatoms. The molecule has 1 fully saturated rings. The van der Waals surface area contributed by atoms with E-state index in [0.29, 0.717) is 12.6 Å². The number of aryl methyl sites for hydroxylation is 1. The minimum absolute atomic E-state index is 0.467. The van der Waals surface area contributed by atoms with Crippen molar-refractivity contribution in [3.63, 3.8) is 0 Å². The molecule has 0 amide bonds. The van der Waals surface area contributed by atoms with Gasteiger partial charge in [0.1, 0.15) is 0 Å². The molecule has 19 heavy (non-hydrogen) atoms. The van der Waals surface area contributed by atoms with Crippen molar-refractivity contribution in [2.75, 3.05) is 13.2 Å². The minimum Gasteiger partial charge on any atom is -0.378 e. The fourth-order valence-electron chi connectivity index (χ4n) is 2.92. The summed E-state index contributed by atoms with van der Waals surface area (Å²) in [5.41, 5.74) is 8.25. The number of fused-ring (bicyclic) bond motifs is 1. The Balaban J connectivity index is 1.72. The van der Waals surface area contributed by atoms with Crippen LogP contribution in [0, 0.1) is 0 Å². The SMILES string of the molecule is NCCc1ccc2c(ccn2CCC2CCCO2)c1. The largest absolute Gasteiger partial charge is 0.378 e. The predicted molar refractivity (Wildman–Crippen MR) is 78.3 cm³/mol. The van der Waals surface area contributed by atoms with Crippen molar-refractivity contribution in [1.82, 2.24) is 4.57 Å². The maximum atomic E-state index is 5.69. The van der Waals surface area contributed by atoms with E-state index in [9.17, 15) is 0 Å². The molecule has 1 aromatic heterocycles. The first-order valence-corrected chi connectivity index (χ1v) is 7.26. The summed E-state index contributed by atoms with van der Waals surface area (Å²) >= 11 is 0. The van der Waals surface area contributed by atoms with Crippen LogP contribution >= 0.6 is 0 Å². The van der Waals surface area contributed by atoms with Crippen molar-refractivity contribution in [1.29, 1.82) is 0 Å². The third kappa shape index (κ3) is 2.82. The number of ether oxygens (including phenoxy) is 1. The Kier molecular flexibility index (Phi) is 3.85. The summed E-state index contributed by atoms with van der Waals surface area (Å²) in [6.45, 7) is 2.70. The van der Waals surface area contributed by atoms with E-state index in [1.54, 1.807) is 0 Å². The molecule has 1 unspecified atom stereocenters. The number of nitrogens with two attached hydrogens (primary N) is 1. The Morgan fingerprint density at radius 3 is 3.05 bits per heavy atom. The number of benzene rings is 1. The first-order chi connectivity index (χ1) is 9.36. The molecule has 2 aromatic rings. The molecule has 1 aliphatic heterocycles. The molecule has 0 spiro atoms. The van der Waals surface area contributed by atoms with Crippen LogP contribution in [0.2, 0.25) is 0 Å². The number of rotatable bonds is 5. The molecule has 3 nitrogen and oxygen atoms in total. The Morgan fingerprint density at radius 1 is 1.32 bits per heavy atom. The summed E-state index contributed by atoms with van der Waals surface area (Å²) in [5.74, 6) is 0. The average Bonchev–Trinajstić information content (AvgIpc) is 3.05. The van der Waals surface area contributed by atoms with Gasteiger partial charge >= 0.3 is 0 Å². The molecule has 0 radical (unpaired) electrons. The van der Waals surface area contributed by atoms with Crippen LogP contribution < -0.4 is 5.73 Å². The Labute approximate surface area is 114 Å². The lowest BCUT2D eigenvalue weighted by Crippen LogP contribution is -2.09. The molecular weight excluding hydrogens is 236 g/mol. The van der Waals surface area contributed by atoms with Crippen LogP contribution in [-0.4, -0.2) is 23.8 Å². The molecule has 102 valence electrons. The molecule has 1 saturated heterocycles. The van der Waals surface area contributed by atoms with E-state index in [1.165, 1.54) is 29.3 Å². The minimum atomic E-state index is 0.467. The van der Waals surface area contributed by atoms with E-state index in [2.05, 4.69) is 35.0 Å². The monoisotopic (exact) mass is 258 g/mol. The zero-order valence-corrected chi connectivity index (χ0v) is 11.3. The fraction of sp³-hybridized carbons (Fsp3) is 0.500. The van der Waals surface area contributed by atoms with Crippen molar-refractivity contribution in [3.05, 3.63) is 36.0 Å². The van der Waals surface area contributed by atoms with Crippen molar-refractivity contribution < 1.29 is 4.74 Å². The van der Waals surface area contributed by atoms with Gasteiger partial charge in [-0.15, -0.1) is 0 Å². The molecule has 0 aliphatic carbocycles. The summed E-state index contributed by atoms with van der Waals surface area (Å²) in [4.78, 5) is 0. The molecule has 1 aromatic carbocycles. The standard InChI is InChI=1S/C16H22N2O/c17-8-5-13-3-4-16-14(12-13)6-9-18(16)10-7-15-2-1-11-19-15/h3-4,6,9,12,15H,1-2,5,7-8,10-11,17H2. The maximum Gasteiger partial charge on any atom is 0.0593 e. The average molecular weight is 258 g/mol. The normalized spacial score (nSPS) is 19.3. The molecule has 3 rings (SSSR count). The molecule has 0 saturated carbocycles. The van der Waals surface area contributed by atoms with Crippen molar-refractivity contribution >= 4 is 10.9 Å². The molecule has 2 N–H and O–H groups in total. The van der Waals surface area contributed by atoms with Gasteiger partial charge in [0.2, 0.25) is 0 Å². The lowest BCUT2D eigenvalue weighted by molar-refractivity contribution is 0.101. The second kappa shape index (κ2) is 5.76. The summed E-state index contributed by atoms with van der Waals surface area (Å²) in [5, 5.41) is 1.32. The highest BCUT2D eigenvalue weighted by Gasteiger charge is 2.15. The van der Waals surface area contributed by atoms with Gasteiger partial charge in [-0.05, 0) is 61.4 Å². The van der Waals surface area contributed by atoms with Gasteiger partial charge in [-0.3, -0.25) is 0 Å². The molecule has 0 bridgehead atoms. The van der Waals surface area contributed by atoms with E-state index in [-0.39, 0.29) is 0 Å². The summed E-state index contributed by atoms with van der Waals surface area (Å²) < 4.78 is 8.02. The van der Waals surface area contributed by atoms with Crippen LogP contribution in [0.3, 0.4) is 0 Å². The van der Waals surface area contributed by atoms with Crippen molar-refractivity contribution in [2.24, 2.45) is 5.73 Å². The van der Waals surface area contributed by atoms with Crippen LogP contribution in [-0.2, 0) is 17.7 Å². The quantitative estimate of drug-likeness (QED) is 0.895. The summed E-state index contributed by atoms with van der Waals surface area (Å²) in [6.07, 6.45) is 7.17. The Hall–Kier alpha value is -1.32. The van der Waals surface area contributed by atoms with E-state index in [4.69, 9.17) is 10.5 Å². The number of nitrogens with zero attached hydrogens (tertiary/aromatic N) is 1. The first-order valence-electron chi connectivity index (χ1n) is 7.26. The first kappa shape index (κ1) is 12.7. The smallest absolute Gasteiger partial charge is 0.0593 e. The molecular formula is C16H22N2O. The van der Waals surface area contributed by atoms with Crippen LogP contribution in [0.1, 0.15) is 24.8 Å². The lowest BCUT2D eigenvalue weighted by Gasteiger charge is -2.11. The number of hydrogen-bond donors (Lipinski definition) is 1. The molecule has 1 aliphatic rings. The fourth-order valence-corrected chi connectivity index (χ4v) is 2.92. The van der Waals surface area contributed by atoms with Gasteiger partial charge in [0.05, 0.1) is 6.10 Å². The third-order valence-corrected chi connectivity index (χ3v) is 3.98. The van der Waals surface area contributed by atoms with E-state index in [1.807, 2.05) is 0 Å². The van der Waals surface area contributed by atoms with Gasteiger partial charge in [0, 0.05) is 24.9 Å². The molecule has 1 atom stereocenters. The predicted octanol–water partition coefficient (Wildman–Crippen LogP) is 2.71. The van der Waals surface area contributed by atoms with E-state index in [0.717, 1.165) is 26.0 Å². The highest BCUT2D eigenvalue weighted by molar-refractivity contribution is 5.80. The second-order valence-electron chi connectivity index (χ2n) is 5.36. The van der Waals surface area contributed by atoms with Gasteiger partial charge in [0.15, 0.2) is 0 Å². The van der Waals surface area contributed by atoms with E-state index >= 15 is 0 Å². The van der Waals surface area contributed by atoms with Crippen molar-refractivity contribution in [2.45, 2.75) is 38.3 Å². The third-order valence-electron chi connectivity index (χ3n) is 3.98. The van der Waals surface area contributed by atoms with Crippen LogP contribution in [0.4, 0.5) is 0 Å². The zero-order chi connectivity index (χ0) is 13.1. The van der Waals surface area contributed by atoms with Gasteiger partial charge in [0.25, 0.3) is 0 Å².